The lowest BCUT2D eigenvalue weighted by Gasteiger charge is -2.36. The molecule has 190 valence electrons. The number of nitrogens with two attached hydrogens (primary N) is 1. The van der Waals surface area contributed by atoms with Gasteiger partial charge >= 0.3 is 6.02 Å². The molecule has 1 aromatic rings. The van der Waals surface area contributed by atoms with Crippen molar-refractivity contribution >= 4 is 15.9 Å². The predicted octanol–water partition coefficient (Wildman–Crippen LogP) is 3.16. The van der Waals surface area contributed by atoms with Crippen molar-refractivity contribution in [2.45, 2.75) is 81.2 Å². The second kappa shape index (κ2) is 11.0. The first-order chi connectivity index (χ1) is 16.0. The summed E-state index contributed by atoms with van der Waals surface area (Å²) in [6, 6.07) is 3.28. The highest BCUT2D eigenvalue weighted by Gasteiger charge is 2.29. The van der Waals surface area contributed by atoms with E-state index in [-0.39, 0.29) is 34.9 Å². The Bertz CT molecular complexity index is 962. The van der Waals surface area contributed by atoms with E-state index in [1.807, 2.05) is 4.90 Å². The van der Waals surface area contributed by atoms with Crippen molar-refractivity contribution in [2.75, 3.05) is 19.3 Å². The SMILES string of the molecule is C=C(/N=C(\ON)N1CCC(O[C@H]2CC[C@H](Oc3ccc(S(C)(=O)=O)cn3)CC2)CC1)C(C)(C)F. The number of likely N-dealkylation sites (tertiary alicyclic amines) is 1. The van der Waals surface area contributed by atoms with Gasteiger partial charge < -0.3 is 19.2 Å². The fraction of sp³-hybridized carbons (Fsp3) is 0.652. The van der Waals surface area contributed by atoms with Crippen LogP contribution >= 0.6 is 0 Å². The molecule has 2 aliphatic rings. The van der Waals surface area contributed by atoms with Crippen molar-refractivity contribution in [3.05, 3.63) is 30.6 Å². The van der Waals surface area contributed by atoms with Crippen LogP contribution in [-0.4, -0.2) is 67.6 Å². The number of hydrogen-bond donors (Lipinski definition) is 1. The van der Waals surface area contributed by atoms with E-state index in [0.29, 0.717) is 19.0 Å². The summed E-state index contributed by atoms with van der Waals surface area (Å²) in [7, 11) is -3.27. The monoisotopic (exact) mass is 498 g/mol. The second-order valence-electron chi connectivity index (χ2n) is 9.37. The van der Waals surface area contributed by atoms with E-state index in [9.17, 15) is 12.8 Å². The molecule has 1 saturated heterocycles. The third kappa shape index (κ3) is 7.38. The number of halogens is 1. The van der Waals surface area contributed by atoms with Gasteiger partial charge in [0.1, 0.15) is 11.8 Å². The van der Waals surface area contributed by atoms with Gasteiger partial charge in [-0.25, -0.2) is 17.8 Å². The van der Waals surface area contributed by atoms with E-state index in [1.54, 1.807) is 6.07 Å². The highest BCUT2D eigenvalue weighted by Crippen LogP contribution is 2.28. The van der Waals surface area contributed by atoms with Gasteiger partial charge in [-0.1, -0.05) is 6.58 Å². The topological polar surface area (TPSA) is 116 Å². The number of hydrogen-bond acceptors (Lipinski definition) is 8. The number of amidine groups is 1. The van der Waals surface area contributed by atoms with Crippen molar-refractivity contribution in [1.82, 2.24) is 9.88 Å². The Balaban J connectivity index is 1.41. The van der Waals surface area contributed by atoms with E-state index in [4.69, 9.17) is 20.2 Å². The van der Waals surface area contributed by atoms with Gasteiger partial charge in [0, 0.05) is 31.6 Å². The molecule has 9 nitrogen and oxygen atoms in total. The van der Waals surface area contributed by atoms with E-state index in [1.165, 1.54) is 26.1 Å². The number of piperidine rings is 1. The summed E-state index contributed by atoms with van der Waals surface area (Å²) >= 11 is 0. The van der Waals surface area contributed by atoms with Crippen molar-refractivity contribution < 1.29 is 27.1 Å². The number of aliphatic imine (C=N–C) groups is 1. The van der Waals surface area contributed by atoms with Gasteiger partial charge in [0.05, 0.1) is 22.8 Å². The zero-order valence-corrected chi connectivity index (χ0v) is 20.9. The molecule has 0 aromatic carbocycles. The molecule has 34 heavy (non-hydrogen) atoms. The molecule has 0 radical (unpaired) electrons. The van der Waals surface area contributed by atoms with Crippen molar-refractivity contribution in [2.24, 2.45) is 10.9 Å². The first-order valence-electron chi connectivity index (χ1n) is 11.5. The maximum absolute atomic E-state index is 14.0. The molecule has 1 aliphatic heterocycles. The van der Waals surface area contributed by atoms with Crippen LogP contribution < -0.4 is 10.6 Å². The summed E-state index contributed by atoms with van der Waals surface area (Å²) < 4.78 is 49.4. The molecule has 2 heterocycles. The number of pyridine rings is 1. The Labute approximate surface area is 201 Å². The summed E-state index contributed by atoms with van der Waals surface area (Å²) in [5.41, 5.74) is -1.59. The summed E-state index contributed by atoms with van der Waals surface area (Å²) in [6.07, 6.45) is 7.85. The zero-order valence-electron chi connectivity index (χ0n) is 20.1. The van der Waals surface area contributed by atoms with Crippen LogP contribution in [0.1, 0.15) is 52.4 Å². The largest absolute Gasteiger partial charge is 0.474 e. The summed E-state index contributed by atoms with van der Waals surface area (Å²) in [4.78, 5) is 15.2. The standard InChI is InChI=1S/C23H35FN4O5S/c1-16(23(2,3)24)27-22(33-25)28-13-11-19(12-14-28)31-17-5-7-18(8-6-17)32-21-10-9-20(15-26-21)34(4,29)30/h9-10,15,17-19H,1,5-8,11-14,25H2,2-4H3/b27-22-/t17-,18-. The number of aromatic nitrogens is 1. The summed E-state index contributed by atoms with van der Waals surface area (Å²) in [5, 5.41) is 0. The number of allylic oxidation sites excluding steroid dienone is 1. The van der Waals surface area contributed by atoms with E-state index < -0.39 is 15.5 Å². The van der Waals surface area contributed by atoms with Crippen LogP contribution in [0.15, 0.2) is 40.5 Å². The summed E-state index contributed by atoms with van der Waals surface area (Å²) in [6.45, 7) is 7.73. The maximum atomic E-state index is 14.0. The van der Waals surface area contributed by atoms with Gasteiger partial charge in [-0.3, -0.25) is 0 Å². The number of alkyl halides is 1. The minimum Gasteiger partial charge on any atom is -0.474 e. The van der Waals surface area contributed by atoms with Gasteiger partial charge in [-0.05, 0) is 58.4 Å². The van der Waals surface area contributed by atoms with Gasteiger partial charge in [0.25, 0.3) is 0 Å². The Kier molecular flexibility index (Phi) is 8.53. The molecule has 0 spiro atoms. The summed E-state index contributed by atoms with van der Waals surface area (Å²) in [5.74, 6) is 5.80. The smallest absolute Gasteiger partial charge is 0.312 e. The third-order valence-electron chi connectivity index (χ3n) is 6.17. The average molecular weight is 499 g/mol. The number of ether oxygens (including phenoxy) is 2. The molecule has 0 amide bonds. The highest BCUT2D eigenvalue weighted by molar-refractivity contribution is 7.90. The lowest BCUT2D eigenvalue weighted by atomic mass is 9.94. The molecule has 1 aliphatic carbocycles. The maximum Gasteiger partial charge on any atom is 0.312 e. The van der Waals surface area contributed by atoms with Crippen LogP contribution in [0.5, 0.6) is 5.88 Å². The molecule has 1 saturated carbocycles. The minimum absolute atomic E-state index is 0.0339. The Morgan fingerprint density at radius 3 is 2.24 bits per heavy atom. The third-order valence-corrected chi connectivity index (χ3v) is 7.26. The fourth-order valence-corrected chi connectivity index (χ4v) is 4.55. The van der Waals surface area contributed by atoms with E-state index in [0.717, 1.165) is 44.8 Å². The Morgan fingerprint density at radius 1 is 1.15 bits per heavy atom. The first-order valence-corrected chi connectivity index (χ1v) is 13.4. The molecule has 0 atom stereocenters. The van der Waals surface area contributed by atoms with E-state index in [2.05, 4.69) is 16.6 Å². The van der Waals surface area contributed by atoms with Crippen molar-refractivity contribution in [3.63, 3.8) is 0 Å². The van der Waals surface area contributed by atoms with E-state index >= 15 is 0 Å². The van der Waals surface area contributed by atoms with Crippen molar-refractivity contribution in [3.8, 4) is 5.88 Å². The molecule has 0 bridgehead atoms. The Hall–Kier alpha value is -2.24. The molecular weight excluding hydrogens is 463 g/mol. The zero-order chi connectivity index (χ0) is 24.9. The predicted molar refractivity (Wildman–Crippen MR) is 127 cm³/mol. The lowest BCUT2D eigenvalue weighted by molar-refractivity contribution is -0.0629. The lowest BCUT2D eigenvalue weighted by Crippen LogP contribution is -2.44. The van der Waals surface area contributed by atoms with Crippen LogP contribution in [0.2, 0.25) is 0 Å². The Morgan fingerprint density at radius 2 is 1.74 bits per heavy atom. The highest BCUT2D eigenvalue weighted by atomic mass is 32.2. The number of sulfone groups is 1. The molecule has 2 fully saturated rings. The van der Waals surface area contributed by atoms with Crippen LogP contribution in [0, 0.1) is 0 Å². The van der Waals surface area contributed by atoms with Crippen molar-refractivity contribution in [1.29, 1.82) is 0 Å². The second-order valence-corrected chi connectivity index (χ2v) is 11.4. The molecule has 1 aromatic heterocycles. The van der Waals surface area contributed by atoms with Gasteiger partial charge in [-0.2, -0.15) is 10.9 Å². The quantitative estimate of drug-likeness (QED) is 0.346. The normalized spacial score (nSPS) is 23.0. The minimum atomic E-state index is -3.27. The molecule has 0 unspecified atom stereocenters. The van der Waals surface area contributed by atoms with Crippen LogP contribution in [-0.2, 0) is 19.4 Å². The van der Waals surface area contributed by atoms with Crippen LogP contribution in [0.4, 0.5) is 4.39 Å². The molecular formula is C23H35FN4O5S. The van der Waals surface area contributed by atoms with Gasteiger partial charge in [0.15, 0.2) is 9.84 Å². The number of rotatable bonds is 7. The van der Waals surface area contributed by atoms with Gasteiger partial charge in [0.2, 0.25) is 5.88 Å². The average Bonchev–Trinajstić information content (AvgIpc) is 2.78. The van der Waals surface area contributed by atoms with Crippen LogP contribution in [0.3, 0.4) is 0 Å². The fourth-order valence-electron chi connectivity index (χ4n) is 3.99. The molecule has 3 rings (SSSR count). The molecule has 2 N–H and O–H groups in total. The van der Waals surface area contributed by atoms with Crippen LogP contribution in [0.25, 0.3) is 0 Å². The molecule has 11 heteroatoms. The van der Waals surface area contributed by atoms with Gasteiger partial charge in [-0.15, -0.1) is 0 Å². The first kappa shape index (κ1) is 26.4. The number of nitrogens with zero attached hydrogens (tertiary/aromatic N) is 3.